The van der Waals surface area contributed by atoms with Gasteiger partial charge in [-0.2, -0.15) is 24.4 Å². The average molecular weight is 190 g/mol. The van der Waals surface area contributed by atoms with Crippen LogP contribution < -0.4 is 0 Å². The first-order chi connectivity index (χ1) is 5.33. The molecule has 1 aliphatic carbocycles. The quantitative estimate of drug-likeness (QED) is 0.667. The molecule has 11 heavy (non-hydrogen) atoms. The molecule has 0 amide bonds. The molecule has 0 bridgehead atoms. The summed E-state index contributed by atoms with van der Waals surface area (Å²) in [4.78, 5) is 0. The third-order valence-corrected chi connectivity index (χ3v) is 4.20. The van der Waals surface area contributed by atoms with E-state index < -0.39 is 0 Å². The molecule has 2 unspecified atom stereocenters. The van der Waals surface area contributed by atoms with Gasteiger partial charge < -0.3 is 0 Å². The van der Waals surface area contributed by atoms with Crippen LogP contribution in [0.1, 0.15) is 32.6 Å². The SMILES string of the molecule is CC1CCCC(SCCS)C1. The van der Waals surface area contributed by atoms with Crippen molar-refractivity contribution < 1.29 is 0 Å². The van der Waals surface area contributed by atoms with Gasteiger partial charge in [-0.3, -0.25) is 0 Å². The van der Waals surface area contributed by atoms with Crippen molar-refractivity contribution in [2.75, 3.05) is 11.5 Å². The molecule has 66 valence electrons. The Hall–Kier alpha value is 0.700. The fourth-order valence-electron chi connectivity index (χ4n) is 1.75. The van der Waals surface area contributed by atoms with Crippen LogP contribution in [0.3, 0.4) is 0 Å². The fraction of sp³-hybridized carbons (Fsp3) is 1.00. The molecule has 0 aliphatic heterocycles. The van der Waals surface area contributed by atoms with Crippen LogP contribution in [0, 0.1) is 5.92 Å². The maximum atomic E-state index is 4.22. The van der Waals surface area contributed by atoms with Gasteiger partial charge in [-0.1, -0.05) is 19.8 Å². The van der Waals surface area contributed by atoms with Crippen LogP contribution >= 0.6 is 24.4 Å². The highest BCUT2D eigenvalue weighted by Gasteiger charge is 2.18. The molecular weight excluding hydrogens is 172 g/mol. The zero-order chi connectivity index (χ0) is 8.10. The molecule has 0 N–H and O–H groups in total. The van der Waals surface area contributed by atoms with E-state index in [1.165, 1.54) is 31.4 Å². The number of hydrogen-bond donors (Lipinski definition) is 1. The van der Waals surface area contributed by atoms with Crippen LogP contribution in [0.5, 0.6) is 0 Å². The van der Waals surface area contributed by atoms with Gasteiger partial charge in [0.25, 0.3) is 0 Å². The van der Waals surface area contributed by atoms with Crippen molar-refractivity contribution in [1.29, 1.82) is 0 Å². The molecule has 1 saturated carbocycles. The van der Waals surface area contributed by atoms with E-state index in [1.54, 1.807) is 0 Å². The highest BCUT2D eigenvalue weighted by atomic mass is 32.2. The molecule has 1 rings (SSSR count). The summed E-state index contributed by atoms with van der Waals surface area (Å²) in [6.45, 7) is 2.38. The molecule has 0 aromatic rings. The predicted octanol–water partition coefficient (Wildman–Crippen LogP) is 3.23. The molecule has 1 fully saturated rings. The summed E-state index contributed by atoms with van der Waals surface area (Å²) < 4.78 is 0. The minimum atomic E-state index is 0.950. The van der Waals surface area contributed by atoms with Crippen LogP contribution in [-0.2, 0) is 0 Å². The molecular formula is C9H18S2. The van der Waals surface area contributed by atoms with E-state index >= 15 is 0 Å². The van der Waals surface area contributed by atoms with Gasteiger partial charge in [0.05, 0.1) is 0 Å². The largest absolute Gasteiger partial charge is 0.179 e. The van der Waals surface area contributed by atoms with Gasteiger partial charge in [-0.15, -0.1) is 0 Å². The molecule has 0 radical (unpaired) electrons. The zero-order valence-corrected chi connectivity index (χ0v) is 8.96. The first-order valence-electron chi connectivity index (χ1n) is 4.55. The molecule has 2 atom stereocenters. The lowest BCUT2D eigenvalue weighted by atomic mass is 9.91. The van der Waals surface area contributed by atoms with E-state index in [1.807, 2.05) is 0 Å². The maximum Gasteiger partial charge on any atom is 0.00498 e. The smallest absolute Gasteiger partial charge is 0.00498 e. The lowest BCUT2D eigenvalue weighted by Gasteiger charge is -2.25. The third kappa shape index (κ3) is 3.75. The van der Waals surface area contributed by atoms with E-state index in [0.29, 0.717) is 0 Å². The minimum Gasteiger partial charge on any atom is -0.179 e. The summed E-state index contributed by atoms with van der Waals surface area (Å²) in [7, 11) is 0. The monoisotopic (exact) mass is 190 g/mol. The van der Waals surface area contributed by atoms with Crippen LogP contribution in [0.25, 0.3) is 0 Å². The number of thioether (sulfide) groups is 1. The van der Waals surface area contributed by atoms with Crippen molar-refractivity contribution in [3.05, 3.63) is 0 Å². The maximum absolute atomic E-state index is 4.22. The van der Waals surface area contributed by atoms with Gasteiger partial charge >= 0.3 is 0 Å². The van der Waals surface area contributed by atoms with Gasteiger partial charge in [0.2, 0.25) is 0 Å². The summed E-state index contributed by atoms with van der Waals surface area (Å²) in [5, 5.41) is 0.950. The number of hydrogen-bond acceptors (Lipinski definition) is 2. The van der Waals surface area contributed by atoms with Crippen molar-refractivity contribution in [2.45, 2.75) is 37.9 Å². The Morgan fingerprint density at radius 1 is 1.45 bits per heavy atom. The average Bonchev–Trinajstić information content (AvgIpc) is 2.01. The van der Waals surface area contributed by atoms with Gasteiger partial charge in [0.15, 0.2) is 0 Å². The number of rotatable bonds is 3. The summed E-state index contributed by atoms with van der Waals surface area (Å²) in [6, 6.07) is 0. The highest BCUT2D eigenvalue weighted by Crippen LogP contribution is 2.31. The van der Waals surface area contributed by atoms with Crippen molar-refractivity contribution in [3.8, 4) is 0 Å². The van der Waals surface area contributed by atoms with E-state index in [-0.39, 0.29) is 0 Å². The second kappa shape index (κ2) is 5.36. The summed E-state index contributed by atoms with van der Waals surface area (Å²) in [5.74, 6) is 3.25. The second-order valence-corrected chi connectivity index (χ2v) is 5.34. The van der Waals surface area contributed by atoms with Gasteiger partial charge in [0, 0.05) is 11.0 Å². The standard InChI is InChI=1S/C9H18S2/c1-8-3-2-4-9(7-8)11-6-5-10/h8-10H,2-7H2,1H3. The Morgan fingerprint density at radius 2 is 2.27 bits per heavy atom. The fourth-order valence-corrected chi connectivity index (χ4v) is 3.30. The van der Waals surface area contributed by atoms with Gasteiger partial charge in [-0.05, 0) is 24.5 Å². The number of thiol groups is 1. The van der Waals surface area contributed by atoms with Gasteiger partial charge in [0.1, 0.15) is 0 Å². The van der Waals surface area contributed by atoms with Crippen molar-refractivity contribution in [2.24, 2.45) is 5.92 Å². The van der Waals surface area contributed by atoms with E-state index in [9.17, 15) is 0 Å². The van der Waals surface area contributed by atoms with Crippen LogP contribution in [-0.4, -0.2) is 16.8 Å². The van der Waals surface area contributed by atoms with E-state index in [0.717, 1.165) is 16.9 Å². The first-order valence-corrected chi connectivity index (χ1v) is 6.23. The molecule has 0 nitrogen and oxygen atoms in total. The van der Waals surface area contributed by atoms with Crippen molar-refractivity contribution in [3.63, 3.8) is 0 Å². The molecule has 1 aliphatic rings. The van der Waals surface area contributed by atoms with Crippen LogP contribution in [0.2, 0.25) is 0 Å². The van der Waals surface area contributed by atoms with Crippen LogP contribution in [0.15, 0.2) is 0 Å². The Labute approximate surface area is 79.9 Å². The second-order valence-electron chi connectivity index (χ2n) is 3.49. The van der Waals surface area contributed by atoms with Crippen LogP contribution in [0.4, 0.5) is 0 Å². The van der Waals surface area contributed by atoms with E-state index in [4.69, 9.17) is 0 Å². The normalized spacial score (nSPS) is 32.2. The van der Waals surface area contributed by atoms with Gasteiger partial charge in [-0.25, -0.2) is 0 Å². The lowest BCUT2D eigenvalue weighted by molar-refractivity contribution is 0.394. The first kappa shape index (κ1) is 9.79. The molecule has 0 aromatic carbocycles. The molecule has 0 heterocycles. The Morgan fingerprint density at radius 3 is 2.91 bits per heavy atom. The van der Waals surface area contributed by atoms with E-state index in [2.05, 4.69) is 31.3 Å². The molecule has 2 heteroatoms. The Balaban J connectivity index is 2.12. The highest BCUT2D eigenvalue weighted by molar-refractivity contribution is 8.00. The summed E-state index contributed by atoms with van der Waals surface area (Å²) in [6.07, 6.45) is 5.80. The van der Waals surface area contributed by atoms with Crippen molar-refractivity contribution in [1.82, 2.24) is 0 Å². The molecule has 0 aromatic heterocycles. The minimum absolute atomic E-state index is 0.950. The Kier molecular flexibility index (Phi) is 4.77. The Bertz CT molecular complexity index is 104. The van der Waals surface area contributed by atoms with Crippen molar-refractivity contribution >= 4 is 24.4 Å². The third-order valence-electron chi connectivity index (χ3n) is 2.33. The zero-order valence-electron chi connectivity index (χ0n) is 7.25. The topological polar surface area (TPSA) is 0 Å². The summed E-state index contributed by atoms with van der Waals surface area (Å²) >= 11 is 6.35. The summed E-state index contributed by atoms with van der Waals surface area (Å²) in [5.41, 5.74) is 0. The molecule has 0 saturated heterocycles. The molecule has 0 spiro atoms. The predicted molar refractivity (Wildman–Crippen MR) is 57.7 cm³/mol. The lowest BCUT2D eigenvalue weighted by Crippen LogP contribution is -2.15.